The van der Waals surface area contributed by atoms with E-state index in [1.54, 1.807) is 0 Å². The molecule has 0 amide bonds. The summed E-state index contributed by atoms with van der Waals surface area (Å²) < 4.78 is 26.1. The Morgan fingerprint density at radius 3 is 2.60 bits per heavy atom. The third-order valence-corrected chi connectivity index (χ3v) is 3.36. The van der Waals surface area contributed by atoms with E-state index in [0.29, 0.717) is 0 Å². The average molecular weight is 301 g/mol. The van der Waals surface area contributed by atoms with Gasteiger partial charge >= 0.3 is 35.5 Å². The molecule has 0 spiro atoms. The fraction of sp³-hybridized carbons (Fsp3) is 0.125. The van der Waals surface area contributed by atoms with Gasteiger partial charge in [0.15, 0.2) is 0 Å². The molecular weight excluding hydrogens is 295 g/mol. The van der Waals surface area contributed by atoms with E-state index in [1.165, 1.54) is 25.3 Å². The molecule has 76 valence electrons. The maximum atomic E-state index is 11.2. The standard InChI is InChI=1S/C8H7BrO4S.Na/c1-13-8(10)5-3-2-4-6(7(5)9)14(11)12;/h2-4H,1H3,(H,11,12);/q;+1/p-1. The van der Waals surface area contributed by atoms with Crippen molar-refractivity contribution in [2.24, 2.45) is 0 Å². The molecule has 0 aliphatic rings. The Balaban J connectivity index is 0.00000196. The van der Waals surface area contributed by atoms with Gasteiger partial charge in [-0.3, -0.25) is 4.21 Å². The van der Waals surface area contributed by atoms with E-state index >= 15 is 0 Å². The first-order valence-corrected chi connectivity index (χ1v) is 5.40. The molecule has 0 aliphatic carbocycles. The molecule has 15 heavy (non-hydrogen) atoms. The van der Waals surface area contributed by atoms with Gasteiger partial charge in [-0.15, -0.1) is 0 Å². The molecule has 0 saturated carbocycles. The van der Waals surface area contributed by atoms with Crippen LogP contribution in [0.3, 0.4) is 0 Å². The summed E-state index contributed by atoms with van der Waals surface area (Å²) in [7, 11) is 1.23. The first-order valence-electron chi connectivity index (χ1n) is 3.54. The Hall–Kier alpha value is 0.280. The fourth-order valence-corrected chi connectivity index (χ4v) is 2.18. The molecule has 0 saturated heterocycles. The summed E-state index contributed by atoms with van der Waals surface area (Å²) in [5.41, 5.74) is 0.189. The summed E-state index contributed by atoms with van der Waals surface area (Å²) in [5, 5.41) is 0. The number of benzene rings is 1. The van der Waals surface area contributed by atoms with Crippen molar-refractivity contribution in [3.8, 4) is 0 Å². The van der Waals surface area contributed by atoms with Crippen molar-refractivity contribution < 1.29 is 47.9 Å². The van der Waals surface area contributed by atoms with E-state index in [0.717, 1.165) is 0 Å². The van der Waals surface area contributed by atoms with Gasteiger partial charge in [-0.1, -0.05) is 6.07 Å². The van der Waals surface area contributed by atoms with Crippen molar-refractivity contribution >= 4 is 33.0 Å². The molecule has 7 heteroatoms. The van der Waals surface area contributed by atoms with E-state index < -0.39 is 17.0 Å². The number of hydrogen-bond donors (Lipinski definition) is 0. The van der Waals surface area contributed by atoms with E-state index in [2.05, 4.69) is 20.7 Å². The number of ether oxygens (including phenoxy) is 1. The number of halogens is 1. The number of carbonyl (C=O) groups excluding carboxylic acids is 1. The van der Waals surface area contributed by atoms with Crippen molar-refractivity contribution in [2.75, 3.05) is 7.11 Å². The predicted octanol–water partition coefficient (Wildman–Crippen LogP) is -1.52. The molecule has 0 bridgehead atoms. The Morgan fingerprint density at radius 2 is 2.13 bits per heavy atom. The van der Waals surface area contributed by atoms with Crippen LogP contribution in [-0.2, 0) is 15.8 Å². The summed E-state index contributed by atoms with van der Waals surface area (Å²) in [6, 6.07) is 4.34. The van der Waals surface area contributed by atoms with Crippen LogP contribution in [-0.4, -0.2) is 21.8 Å². The van der Waals surface area contributed by atoms with Crippen LogP contribution in [0, 0.1) is 0 Å². The fourth-order valence-electron chi connectivity index (χ4n) is 0.907. The topological polar surface area (TPSA) is 66.4 Å². The zero-order valence-electron chi connectivity index (χ0n) is 8.15. The zero-order chi connectivity index (χ0) is 10.7. The van der Waals surface area contributed by atoms with Crippen LogP contribution in [0.1, 0.15) is 10.4 Å². The Morgan fingerprint density at radius 1 is 1.53 bits per heavy atom. The van der Waals surface area contributed by atoms with Crippen LogP contribution in [0.4, 0.5) is 0 Å². The number of esters is 1. The van der Waals surface area contributed by atoms with Crippen LogP contribution in [0.2, 0.25) is 0 Å². The smallest absolute Gasteiger partial charge is 0.768 e. The maximum absolute atomic E-state index is 11.2. The van der Waals surface area contributed by atoms with Gasteiger partial charge in [0.05, 0.1) is 12.7 Å². The van der Waals surface area contributed by atoms with Gasteiger partial charge in [0.1, 0.15) is 0 Å². The molecule has 1 aromatic rings. The van der Waals surface area contributed by atoms with E-state index in [-0.39, 0.29) is 44.5 Å². The van der Waals surface area contributed by atoms with Crippen LogP contribution < -0.4 is 29.6 Å². The molecule has 0 heterocycles. The third kappa shape index (κ3) is 3.65. The zero-order valence-corrected chi connectivity index (χ0v) is 12.6. The maximum Gasteiger partial charge on any atom is 1.00 e. The molecule has 1 aromatic carbocycles. The van der Waals surface area contributed by atoms with Crippen LogP contribution >= 0.6 is 15.9 Å². The largest absolute Gasteiger partial charge is 1.00 e. The SMILES string of the molecule is COC(=O)c1cccc(S(=O)[O-])c1Br.[Na+]. The van der Waals surface area contributed by atoms with Gasteiger partial charge in [0.2, 0.25) is 0 Å². The summed E-state index contributed by atoms with van der Waals surface area (Å²) in [6.45, 7) is 0. The molecule has 4 nitrogen and oxygen atoms in total. The number of rotatable bonds is 2. The van der Waals surface area contributed by atoms with Crippen molar-refractivity contribution in [3.05, 3.63) is 28.2 Å². The Kier molecular flexibility index (Phi) is 6.90. The molecule has 0 aromatic heterocycles. The third-order valence-electron chi connectivity index (χ3n) is 1.55. The number of methoxy groups -OCH3 is 1. The number of hydrogen-bond acceptors (Lipinski definition) is 4. The molecule has 1 rings (SSSR count). The first kappa shape index (κ1) is 15.3. The minimum Gasteiger partial charge on any atom is -0.768 e. The van der Waals surface area contributed by atoms with Crippen LogP contribution in [0.5, 0.6) is 0 Å². The normalized spacial score (nSPS) is 11.4. The van der Waals surface area contributed by atoms with Gasteiger partial charge in [0, 0.05) is 9.37 Å². The van der Waals surface area contributed by atoms with E-state index in [9.17, 15) is 13.6 Å². The van der Waals surface area contributed by atoms with Crippen molar-refractivity contribution in [3.63, 3.8) is 0 Å². The molecule has 0 aliphatic heterocycles. The molecule has 1 atom stereocenters. The first-order chi connectivity index (χ1) is 6.57. The van der Waals surface area contributed by atoms with Crippen molar-refractivity contribution in [2.45, 2.75) is 4.90 Å². The minimum atomic E-state index is -2.37. The second kappa shape index (κ2) is 6.78. The van der Waals surface area contributed by atoms with E-state index in [1.807, 2.05) is 0 Å². The molecule has 0 fully saturated rings. The average Bonchev–Trinajstić information content (AvgIpc) is 2.16. The summed E-state index contributed by atoms with van der Waals surface area (Å²) >= 11 is 0.655. The van der Waals surface area contributed by atoms with Gasteiger partial charge in [-0.2, -0.15) is 0 Å². The summed E-state index contributed by atoms with van der Waals surface area (Å²) in [4.78, 5) is 11.2. The quantitative estimate of drug-likeness (QED) is 0.378. The van der Waals surface area contributed by atoms with Gasteiger partial charge in [0.25, 0.3) is 0 Å². The molecule has 0 N–H and O–H groups in total. The van der Waals surface area contributed by atoms with Crippen LogP contribution in [0.25, 0.3) is 0 Å². The predicted molar refractivity (Wildman–Crippen MR) is 52.7 cm³/mol. The second-order valence-corrected chi connectivity index (χ2v) is 4.05. The van der Waals surface area contributed by atoms with Gasteiger partial charge in [-0.05, 0) is 39.1 Å². The van der Waals surface area contributed by atoms with Crippen LogP contribution in [0.15, 0.2) is 27.6 Å². The number of carbonyl (C=O) groups is 1. The summed E-state index contributed by atoms with van der Waals surface area (Å²) in [5.74, 6) is -0.579. The van der Waals surface area contributed by atoms with Crippen molar-refractivity contribution in [1.29, 1.82) is 0 Å². The van der Waals surface area contributed by atoms with Gasteiger partial charge in [-0.25, -0.2) is 4.79 Å². The minimum absolute atomic E-state index is 0. The van der Waals surface area contributed by atoms with Crippen molar-refractivity contribution in [1.82, 2.24) is 0 Å². The Bertz CT molecular complexity index is 396. The molecular formula is C8H6BrNaO4S. The monoisotopic (exact) mass is 300 g/mol. The molecule has 0 radical (unpaired) electrons. The second-order valence-electron chi connectivity index (χ2n) is 2.34. The Labute approximate surface area is 120 Å². The molecule has 1 unspecified atom stereocenters. The van der Waals surface area contributed by atoms with E-state index in [4.69, 9.17) is 0 Å². The van der Waals surface area contributed by atoms with Gasteiger partial charge < -0.3 is 9.29 Å². The summed E-state index contributed by atoms with van der Waals surface area (Å²) in [6.07, 6.45) is 0.